The lowest BCUT2D eigenvalue weighted by Crippen LogP contribution is -2.12. The third-order valence-electron chi connectivity index (χ3n) is 1.82. The van der Waals surface area contributed by atoms with Gasteiger partial charge in [0.05, 0.1) is 5.56 Å². The lowest BCUT2D eigenvalue weighted by atomic mass is 10.1. The first-order chi connectivity index (χ1) is 6.81. The number of benzene rings is 1. The van der Waals surface area contributed by atoms with Crippen molar-refractivity contribution in [3.8, 4) is 5.75 Å². The summed E-state index contributed by atoms with van der Waals surface area (Å²) in [4.78, 5) is 15.7. The minimum absolute atomic E-state index is 0.0828. The van der Waals surface area contributed by atoms with Crippen molar-refractivity contribution in [1.82, 2.24) is 5.48 Å². The van der Waals surface area contributed by atoms with Crippen LogP contribution >= 0.6 is 0 Å². The summed E-state index contributed by atoms with van der Waals surface area (Å²) in [6, 6.07) is 5.20. The standard InChI is InChI=1S/C10H13NO3/c1-11-14-10-6-8(4-5-12)2-3-9(10)7-13/h2-3,6-7,11-12H,4-5H2,1H3. The van der Waals surface area contributed by atoms with Crippen LogP contribution in [-0.2, 0) is 6.42 Å². The van der Waals surface area contributed by atoms with E-state index in [1.807, 2.05) is 0 Å². The maximum absolute atomic E-state index is 10.6. The maximum Gasteiger partial charge on any atom is 0.157 e. The zero-order chi connectivity index (χ0) is 10.4. The van der Waals surface area contributed by atoms with Crippen molar-refractivity contribution >= 4 is 6.29 Å². The summed E-state index contributed by atoms with van der Waals surface area (Å²) in [7, 11) is 1.62. The van der Waals surface area contributed by atoms with Gasteiger partial charge in [-0.25, -0.2) is 0 Å². The number of aliphatic hydroxyl groups excluding tert-OH is 1. The molecule has 1 aromatic carbocycles. The van der Waals surface area contributed by atoms with Crippen molar-refractivity contribution in [3.63, 3.8) is 0 Å². The third kappa shape index (κ3) is 2.55. The Kier molecular flexibility index (Phi) is 4.10. The molecule has 0 aliphatic rings. The Labute approximate surface area is 82.5 Å². The average molecular weight is 195 g/mol. The fourth-order valence-corrected chi connectivity index (χ4v) is 1.16. The number of nitrogens with one attached hydrogen (secondary N) is 1. The van der Waals surface area contributed by atoms with Crippen molar-refractivity contribution in [3.05, 3.63) is 29.3 Å². The molecule has 4 nitrogen and oxygen atoms in total. The van der Waals surface area contributed by atoms with Gasteiger partial charge in [0, 0.05) is 13.7 Å². The van der Waals surface area contributed by atoms with E-state index in [-0.39, 0.29) is 6.61 Å². The SMILES string of the molecule is CNOc1cc(CCO)ccc1C=O. The molecule has 0 aliphatic heterocycles. The van der Waals surface area contributed by atoms with E-state index in [1.54, 1.807) is 25.2 Å². The van der Waals surface area contributed by atoms with Crippen LogP contribution in [0.25, 0.3) is 0 Å². The van der Waals surface area contributed by atoms with Crippen LogP contribution < -0.4 is 10.3 Å². The van der Waals surface area contributed by atoms with Crippen LogP contribution in [0.5, 0.6) is 5.75 Å². The second-order valence-corrected chi connectivity index (χ2v) is 2.77. The van der Waals surface area contributed by atoms with Gasteiger partial charge in [0.2, 0.25) is 0 Å². The van der Waals surface area contributed by atoms with Crippen molar-refractivity contribution in [2.24, 2.45) is 0 Å². The van der Waals surface area contributed by atoms with Crippen LogP contribution in [-0.4, -0.2) is 25.0 Å². The quantitative estimate of drug-likeness (QED) is 0.532. The monoisotopic (exact) mass is 195 g/mol. The highest BCUT2D eigenvalue weighted by atomic mass is 16.6. The van der Waals surface area contributed by atoms with Gasteiger partial charge in [-0.1, -0.05) is 6.07 Å². The third-order valence-corrected chi connectivity index (χ3v) is 1.82. The highest BCUT2D eigenvalue weighted by Crippen LogP contribution is 2.18. The lowest BCUT2D eigenvalue weighted by Gasteiger charge is -2.07. The molecule has 0 aliphatic carbocycles. The van der Waals surface area contributed by atoms with E-state index < -0.39 is 0 Å². The Balaban J connectivity index is 2.94. The van der Waals surface area contributed by atoms with Crippen LogP contribution in [0, 0.1) is 0 Å². The summed E-state index contributed by atoms with van der Waals surface area (Å²) in [6.45, 7) is 0.0828. The van der Waals surface area contributed by atoms with Gasteiger partial charge in [-0.15, -0.1) is 0 Å². The van der Waals surface area contributed by atoms with Crippen LogP contribution in [0.1, 0.15) is 15.9 Å². The second-order valence-electron chi connectivity index (χ2n) is 2.77. The van der Waals surface area contributed by atoms with E-state index in [9.17, 15) is 4.79 Å². The first-order valence-corrected chi connectivity index (χ1v) is 4.34. The van der Waals surface area contributed by atoms with Gasteiger partial charge in [0.15, 0.2) is 12.0 Å². The number of hydrogen-bond donors (Lipinski definition) is 2. The summed E-state index contributed by atoms with van der Waals surface area (Å²) in [6.07, 6.45) is 1.29. The molecule has 0 spiro atoms. The van der Waals surface area contributed by atoms with E-state index in [0.29, 0.717) is 17.7 Å². The fourth-order valence-electron chi connectivity index (χ4n) is 1.16. The molecule has 0 bridgehead atoms. The van der Waals surface area contributed by atoms with Crippen LogP contribution in [0.4, 0.5) is 0 Å². The minimum Gasteiger partial charge on any atom is -0.408 e. The molecular formula is C10H13NO3. The molecule has 0 fully saturated rings. The van der Waals surface area contributed by atoms with E-state index in [0.717, 1.165) is 11.8 Å². The van der Waals surface area contributed by atoms with Crippen molar-refractivity contribution in [2.45, 2.75) is 6.42 Å². The summed E-state index contributed by atoms with van der Waals surface area (Å²) in [5, 5.41) is 8.74. The molecule has 0 heterocycles. The first kappa shape index (κ1) is 10.7. The van der Waals surface area contributed by atoms with Gasteiger partial charge in [0.1, 0.15) is 0 Å². The van der Waals surface area contributed by atoms with E-state index in [1.165, 1.54) is 0 Å². The largest absolute Gasteiger partial charge is 0.408 e. The van der Waals surface area contributed by atoms with Gasteiger partial charge in [-0.3, -0.25) is 4.79 Å². The molecule has 0 radical (unpaired) electrons. The van der Waals surface area contributed by atoms with Gasteiger partial charge in [-0.2, -0.15) is 5.48 Å². The van der Waals surface area contributed by atoms with Gasteiger partial charge in [-0.05, 0) is 24.1 Å². The Hall–Kier alpha value is -1.39. The molecular weight excluding hydrogens is 182 g/mol. The number of carbonyl (C=O) groups is 1. The topological polar surface area (TPSA) is 58.6 Å². The molecule has 0 atom stereocenters. The van der Waals surface area contributed by atoms with Crippen molar-refractivity contribution in [1.29, 1.82) is 0 Å². The number of hydrogen-bond acceptors (Lipinski definition) is 4. The highest BCUT2D eigenvalue weighted by molar-refractivity contribution is 5.79. The van der Waals surface area contributed by atoms with Crippen molar-refractivity contribution in [2.75, 3.05) is 13.7 Å². The Bertz CT molecular complexity index is 312. The molecule has 14 heavy (non-hydrogen) atoms. The first-order valence-electron chi connectivity index (χ1n) is 4.34. The Morgan fingerprint density at radius 1 is 1.57 bits per heavy atom. The molecule has 2 N–H and O–H groups in total. The summed E-state index contributed by atoms with van der Waals surface area (Å²) in [5.74, 6) is 0.480. The molecule has 0 amide bonds. The average Bonchev–Trinajstić information content (AvgIpc) is 2.19. The summed E-state index contributed by atoms with van der Waals surface area (Å²) in [5.41, 5.74) is 3.93. The van der Waals surface area contributed by atoms with Gasteiger partial charge < -0.3 is 9.94 Å². The number of carbonyl (C=O) groups excluding carboxylic acids is 1. The molecule has 4 heteroatoms. The van der Waals surface area contributed by atoms with E-state index in [4.69, 9.17) is 9.94 Å². The zero-order valence-corrected chi connectivity index (χ0v) is 7.99. The highest BCUT2D eigenvalue weighted by Gasteiger charge is 2.04. The molecule has 0 aromatic heterocycles. The maximum atomic E-state index is 10.6. The fraction of sp³-hybridized carbons (Fsp3) is 0.300. The molecule has 76 valence electrons. The normalized spacial score (nSPS) is 9.86. The summed E-state index contributed by atoms with van der Waals surface area (Å²) < 4.78 is 0. The molecule has 1 rings (SSSR count). The number of rotatable bonds is 5. The Morgan fingerprint density at radius 3 is 2.93 bits per heavy atom. The van der Waals surface area contributed by atoms with E-state index in [2.05, 4.69) is 5.48 Å². The van der Waals surface area contributed by atoms with Crippen LogP contribution in [0.15, 0.2) is 18.2 Å². The van der Waals surface area contributed by atoms with Crippen LogP contribution in [0.3, 0.4) is 0 Å². The lowest BCUT2D eigenvalue weighted by molar-refractivity contribution is 0.111. The Morgan fingerprint density at radius 2 is 2.36 bits per heavy atom. The van der Waals surface area contributed by atoms with Gasteiger partial charge >= 0.3 is 0 Å². The number of hydroxylamine groups is 1. The van der Waals surface area contributed by atoms with Crippen molar-refractivity contribution < 1.29 is 14.7 Å². The number of aldehydes is 1. The minimum atomic E-state index is 0.0828. The predicted octanol–water partition coefficient (Wildman–Crippen LogP) is 0.547. The predicted molar refractivity (Wildman–Crippen MR) is 52.3 cm³/mol. The molecule has 0 unspecified atom stereocenters. The molecule has 0 saturated heterocycles. The smallest absolute Gasteiger partial charge is 0.157 e. The van der Waals surface area contributed by atoms with Crippen LogP contribution in [0.2, 0.25) is 0 Å². The number of aliphatic hydroxyl groups is 1. The molecule has 1 aromatic rings. The van der Waals surface area contributed by atoms with E-state index >= 15 is 0 Å². The summed E-state index contributed by atoms with van der Waals surface area (Å²) >= 11 is 0. The zero-order valence-electron chi connectivity index (χ0n) is 7.99. The molecule has 0 saturated carbocycles. The second kappa shape index (κ2) is 5.36. The van der Waals surface area contributed by atoms with Gasteiger partial charge in [0.25, 0.3) is 0 Å².